The van der Waals surface area contributed by atoms with Gasteiger partial charge >= 0.3 is 0 Å². The Bertz CT molecular complexity index is 1160. The molecular formula is C19H9Cl2F3N2. The van der Waals surface area contributed by atoms with Crippen LogP contribution in [0.5, 0.6) is 0 Å². The van der Waals surface area contributed by atoms with Crippen LogP contribution in [0.1, 0.15) is 0 Å². The number of aromatic nitrogens is 1. The minimum absolute atomic E-state index is 0.253. The van der Waals surface area contributed by atoms with E-state index in [-0.39, 0.29) is 10.9 Å². The number of rotatable bonds is 2. The molecular weight excluding hydrogens is 384 g/mol. The molecule has 0 aliphatic heterocycles. The van der Waals surface area contributed by atoms with Crippen LogP contribution in [-0.2, 0) is 0 Å². The molecule has 0 atom stereocenters. The van der Waals surface area contributed by atoms with Crippen molar-refractivity contribution in [3.8, 4) is 0 Å². The summed E-state index contributed by atoms with van der Waals surface area (Å²) in [4.78, 5) is 4.14. The first kappa shape index (κ1) is 16.9. The topological polar surface area (TPSA) is 24.9 Å². The summed E-state index contributed by atoms with van der Waals surface area (Å²) in [6.45, 7) is 0. The molecule has 4 rings (SSSR count). The number of fused-ring (bicyclic) bond motifs is 2. The maximum absolute atomic E-state index is 14.9. The Morgan fingerprint density at radius 3 is 2.19 bits per heavy atom. The van der Waals surface area contributed by atoms with Crippen molar-refractivity contribution < 1.29 is 13.2 Å². The summed E-state index contributed by atoms with van der Waals surface area (Å²) in [5.41, 5.74) is -0.101. The van der Waals surface area contributed by atoms with Crippen molar-refractivity contribution in [2.75, 3.05) is 5.32 Å². The van der Waals surface area contributed by atoms with Crippen molar-refractivity contribution in [1.82, 2.24) is 4.98 Å². The van der Waals surface area contributed by atoms with Gasteiger partial charge in [-0.1, -0.05) is 23.2 Å². The molecule has 130 valence electrons. The molecule has 0 aliphatic rings. The van der Waals surface area contributed by atoms with Crippen LogP contribution in [0, 0.1) is 17.5 Å². The normalized spacial score (nSPS) is 11.3. The molecule has 0 spiro atoms. The highest BCUT2D eigenvalue weighted by Gasteiger charge is 2.22. The lowest BCUT2D eigenvalue weighted by Gasteiger charge is -2.13. The van der Waals surface area contributed by atoms with E-state index in [2.05, 4.69) is 10.3 Å². The number of pyridine rings is 1. The molecule has 4 aromatic rings. The highest BCUT2D eigenvalue weighted by molar-refractivity contribution is 6.31. The van der Waals surface area contributed by atoms with Gasteiger partial charge < -0.3 is 5.32 Å². The molecule has 7 heteroatoms. The van der Waals surface area contributed by atoms with Crippen LogP contribution >= 0.6 is 23.2 Å². The first-order valence-electron chi connectivity index (χ1n) is 7.53. The Labute approximate surface area is 156 Å². The van der Waals surface area contributed by atoms with Gasteiger partial charge in [-0.2, -0.15) is 0 Å². The largest absolute Gasteiger partial charge is 0.351 e. The summed E-state index contributed by atoms with van der Waals surface area (Å²) in [5.74, 6) is -3.49. The molecule has 1 aromatic heterocycles. The number of halogens is 5. The summed E-state index contributed by atoms with van der Waals surface area (Å²) < 4.78 is 43.9. The van der Waals surface area contributed by atoms with E-state index in [0.29, 0.717) is 26.6 Å². The minimum atomic E-state index is -1.33. The van der Waals surface area contributed by atoms with Gasteiger partial charge in [0, 0.05) is 26.5 Å². The smallest absolute Gasteiger partial charge is 0.186 e. The number of nitrogens with one attached hydrogen (secondary N) is 1. The predicted molar refractivity (Wildman–Crippen MR) is 98.9 cm³/mol. The molecule has 0 amide bonds. The fourth-order valence-corrected chi connectivity index (χ4v) is 3.02. The van der Waals surface area contributed by atoms with E-state index in [4.69, 9.17) is 23.2 Å². The summed E-state index contributed by atoms with van der Waals surface area (Å²) in [7, 11) is 0. The molecule has 0 saturated heterocycles. The van der Waals surface area contributed by atoms with E-state index in [1.54, 1.807) is 30.3 Å². The SMILES string of the molecule is Fc1c(Nc2ccc(Cl)cc2)c(F)c2nc3ccc(Cl)cc3cc2c1F. The van der Waals surface area contributed by atoms with Crippen LogP contribution in [-0.4, -0.2) is 4.98 Å². The van der Waals surface area contributed by atoms with Gasteiger partial charge in [0.05, 0.1) is 5.52 Å². The van der Waals surface area contributed by atoms with Crippen LogP contribution in [0.2, 0.25) is 10.0 Å². The number of benzene rings is 3. The fraction of sp³-hybridized carbons (Fsp3) is 0. The zero-order valence-corrected chi connectivity index (χ0v) is 14.5. The fourth-order valence-electron chi connectivity index (χ4n) is 2.71. The first-order chi connectivity index (χ1) is 12.4. The molecule has 3 aromatic carbocycles. The van der Waals surface area contributed by atoms with Crippen molar-refractivity contribution >= 4 is 56.4 Å². The van der Waals surface area contributed by atoms with E-state index >= 15 is 0 Å². The van der Waals surface area contributed by atoms with Crippen LogP contribution in [0.4, 0.5) is 24.5 Å². The first-order valence-corrected chi connectivity index (χ1v) is 8.28. The van der Waals surface area contributed by atoms with Gasteiger partial charge in [-0.3, -0.25) is 0 Å². The lowest BCUT2D eigenvalue weighted by molar-refractivity contribution is 0.510. The molecule has 0 aliphatic carbocycles. The van der Waals surface area contributed by atoms with Crippen molar-refractivity contribution in [3.05, 3.63) is 76.0 Å². The van der Waals surface area contributed by atoms with E-state index < -0.39 is 23.1 Å². The zero-order chi connectivity index (χ0) is 18.4. The zero-order valence-electron chi connectivity index (χ0n) is 13.0. The highest BCUT2D eigenvalue weighted by Crippen LogP contribution is 2.34. The third kappa shape index (κ3) is 2.83. The average Bonchev–Trinajstić information content (AvgIpc) is 2.64. The van der Waals surface area contributed by atoms with Crippen molar-refractivity contribution in [2.24, 2.45) is 0 Å². The average molecular weight is 393 g/mol. The summed E-state index contributed by atoms with van der Waals surface area (Å²) in [6, 6.07) is 12.2. The van der Waals surface area contributed by atoms with E-state index in [1.807, 2.05) is 0 Å². The lowest BCUT2D eigenvalue weighted by atomic mass is 10.1. The number of nitrogens with zero attached hydrogens (tertiary/aromatic N) is 1. The third-order valence-electron chi connectivity index (χ3n) is 3.97. The quantitative estimate of drug-likeness (QED) is 0.297. The van der Waals surface area contributed by atoms with Crippen LogP contribution in [0.25, 0.3) is 21.8 Å². The second kappa shape index (κ2) is 6.34. The standard InChI is InChI=1S/C19H9Cl2F3N2/c20-10-1-4-12(5-2-10)25-19-16(23)15(22)13-8-9-7-11(21)3-6-14(9)26-18(13)17(19)24/h1-8,25H. The Kier molecular flexibility index (Phi) is 4.13. The molecule has 26 heavy (non-hydrogen) atoms. The maximum atomic E-state index is 14.9. The van der Waals surface area contributed by atoms with Gasteiger partial charge in [0.25, 0.3) is 0 Å². The highest BCUT2D eigenvalue weighted by atomic mass is 35.5. The molecule has 0 unspecified atom stereocenters. The molecule has 1 heterocycles. The van der Waals surface area contributed by atoms with Crippen LogP contribution < -0.4 is 5.32 Å². The minimum Gasteiger partial charge on any atom is -0.351 e. The molecule has 0 fully saturated rings. The van der Waals surface area contributed by atoms with Gasteiger partial charge in [0.2, 0.25) is 0 Å². The third-order valence-corrected chi connectivity index (χ3v) is 4.45. The van der Waals surface area contributed by atoms with E-state index in [0.717, 1.165) is 0 Å². The summed E-state index contributed by atoms with van der Waals surface area (Å²) >= 11 is 11.7. The monoisotopic (exact) mass is 392 g/mol. The number of hydrogen-bond donors (Lipinski definition) is 1. The molecule has 0 radical (unpaired) electrons. The van der Waals surface area contributed by atoms with Gasteiger partial charge in [-0.25, -0.2) is 18.2 Å². The molecule has 0 bridgehead atoms. The molecule has 0 saturated carbocycles. The Hall–Kier alpha value is -2.50. The molecule has 1 N–H and O–H groups in total. The maximum Gasteiger partial charge on any atom is 0.186 e. The van der Waals surface area contributed by atoms with Crippen LogP contribution in [0.3, 0.4) is 0 Å². The molecule has 2 nitrogen and oxygen atoms in total. The van der Waals surface area contributed by atoms with Crippen molar-refractivity contribution in [2.45, 2.75) is 0 Å². The van der Waals surface area contributed by atoms with Gasteiger partial charge in [0.15, 0.2) is 17.5 Å². The number of hydrogen-bond acceptors (Lipinski definition) is 2. The Balaban J connectivity index is 1.95. The lowest BCUT2D eigenvalue weighted by Crippen LogP contribution is -2.03. The summed E-state index contributed by atoms with van der Waals surface area (Å²) in [5, 5.41) is 3.67. The summed E-state index contributed by atoms with van der Waals surface area (Å²) in [6.07, 6.45) is 0. The predicted octanol–water partition coefficient (Wildman–Crippen LogP) is 6.86. The van der Waals surface area contributed by atoms with Gasteiger partial charge in [0.1, 0.15) is 11.2 Å². The second-order valence-electron chi connectivity index (χ2n) is 5.67. The van der Waals surface area contributed by atoms with Gasteiger partial charge in [-0.15, -0.1) is 0 Å². The second-order valence-corrected chi connectivity index (χ2v) is 6.54. The van der Waals surface area contributed by atoms with Crippen molar-refractivity contribution in [3.63, 3.8) is 0 Å². The van der Waals surface area contributed by atoms with Crippen LogP contribution in [0.15, 0.2) is 48.5 Å². The van der Waals surface area contributed by atoms with E-state index in [1.165, 1.54) is 18.2 Å². The number of anilines is 2. The Morgan fingerprint density at radius 1 is 0.769 bits per heavy atom. The van der Waals surface area contributed by atoms with Crippen molar-refractivity contribution in [1.29, 1.82) is 0 Å². The van der Waals surface area contributed by atoms with E-state index in [9.17, 15) is 13.2 Å². The van der Waals surface area contributed by atoms with Gasteiger partial charge in [-0.05, 0) is 48.5 Å². The Morgan fingerprint density at radius 2 is 1.46 bits per heavy atom.